The molecule has 2 aromatic rings. The van der Waals surface area contributed by atoms with E-state index in [4.69, 9.17) is 22.1 Å². The van der Waals surface area contributed by atoms with Gasteiger partial charge in [-0.15, -0.1) is 0 Å². The lowest BCUT2D eigenvalue weighted by molar-refractivity contribution is 0.481. The molecule has 1 unspecified atom stereocenters. The van der Waals surface area contributed by atoms with Crippen LogP contribution in [0.25, 0.3) is 11.1 Å². The Morgan fingerprint density at radius 2 is 1.81 bits per heavy atom. The lowest BCUT2D eigenvalue weighted by Crippen LogP contribution is -2.23. The Bertz CT molecular complexity index is 751. The van der Waals surface area contributed by atoms with E-state index in [9.17, 15) is 0 Å². The van der Waals surface area contributed by atoms with Gasteiger partial charge in [0.25, 0.3) is 0 Å². The van der Waals surface area contributed by atoms with Gasteiger partial charge in [0.1, 0.15) is 11.5 Å². The Morgan fingerprint density at radius 3 is 2.71 bits per heavy atom. The number of ether oxygens (including phenoxy) is 1. The quantitative estimate of drug-likeness (QED) is 0.753. The van der Waals surface area contributed by atoms with Gasteiger partial charge in [-0.1, -0.05) is 29.8 Å². The summed E-state index contributed by atoms with van der Waals surface area (Å²) in [6.45, 7) is 0. The lowest BCUT2D eigenvalue weighted by atomic mass is 9.82. The molecule has 0 saturated heterocycles. The number of fused-ring (bicyclic) bond motifs is 4. The number of para-hydroxylation sites is 1. The van der Waals surface area contributed by atoms with Crippen molar-refractivity contribution >= 4 is 22.7 Å². The Kier molecular flexibility index (Phi) is 3.02. The molecule has 0 aromatic heterocycles. The van der Waals surface area contributed by atoms with Crippen LogP contribution in [-0.4, -0.2) is 6.04 Å². The van der Waals surface area contributed by atoms with Crippen molar-refractivity contribution in [1.82, 2.24) is 0 Å². The first-order chi connectivity index (χ1) is 10.2. The molecule has 0 spiro atoms. The molecule has 0 radical (unpaired) electrons. The van der Waals surface area contributed by atoms with Crippen LogP contribution in [0.3, 0.4) is 0 Å². The van der Waals surface area contributed by atoms with E-state index >= 15 is 0 Å². The van der Waals surface area contributed by atoms with Crippen LogP contribution in [0.2, 0.25) is 5.02 Å². The molecular formula is C18H16ClNO. The minimum Gasteiger partial charge on any atom is -0.456 e. The molecule has 0 bridgehead atoms. The number of hydrogen-bond acceptors (Lipinski definition) is 2. The van der Waals surface area contributed by atoms with E-state index in [-0.39, 0.29) is 6.04 Å². The van der Waals surface area contributed by atoms with Gasteiger partial charge >= 0.3 is 0 Å². The standard InChI is InChI=1S/C18H16ClNO/c19-11-5-8-18-16(9-11)15-10-12(20)6-7-13(15)14-3-1-2-4-17(14)21-18/h1-5,8-9,12H,6-7,10,20H2. The molecule has 4 rings (SSSR count). The van der Waals surface area contributed by atoms with Gasteiger partial charge in [0, 0.05) is 22.2 Å². The fourth-order valence-electron chi connectivity index (χ4n) is 3.29. The molecule has 21 heavy (non-hydrogen) atoms. The molecule has 2 aliphatic rings. The first-order valence-electron chi connectivity index (χ1n) is 7.27. The molecule has 0 saturated carbocycles. The van der Waals surface area contributed by atoms with Gasteiger partial charge in [-0.2, -0.15) is 0 Å². The number of rotatable bonds is 0. The Hall–Kier alpha value is -1.77. The van der Waals surface area contributed by atoms with Gasteiger partial charge in [-0.3, -0.25) is 0 Å². The maximum Gasteiger partial charge on any atom is 0.135 e. The Labute approximate surface area is 129 Å². The number of benzene rings is 2. The molecular weight excluding hydrogens is 282 g/mol. The fraction of sp³-hybridized carbons (Fsp3) is 0.222. The predicted molar refractivity (Wildman–Crippen MR) is 86.6 cm³/mol. The second-order valence-electron chi connectivity index (χ2n) is 5.70. The van der Waals surface area contributed by atoms with Crippen molar-refractivity contribution in [1.29, 1.82) is 0 Å². The highest BCUT2D eigenvalue weighted by molar-refractivity contribution is 6.30. The third kappa shape index (κ3) is 2.15. The highest BCUT2D eigenvalue weighted by Crippen LogP contribution is 2.48. The molecule has 0 fully saturated rings. The first-order valence-corrected chi connectivity index (χ1v) is 7.65. The molecule has 106 valence electrons. The summed E-state index contributed by atoms with van der Waals surface area (Å²) in [5, 5.41) is 0.731. The fourth-order valence-corrected chi connectivity index (χ4v) is 3.46. The minimum atomic E-state index is 0.209. The van der Waals surface area contributed by atoms with Crippen molar-refractivity contribution in [2.75, 3.05) is 0 Å². The van der Waals surface area contributed by atoms with Crippen LogP contribution in [0.5, 0.6) is 11.5 Å². The third-order valence-corrected chi connectivity index (χ3v) is 4.53. The van der Waals surface area contributed by atoms with Crippen LogP contribution >= 0.6 is 11.6 Å². The summed E-state index contributed by atoms with van der Waals surface area (Å²) < 4.78 is 6.14. The topological polar surface area (TPSA) is 35.2 Å². The van der Waals surface area contributed by atoms with Crippen LogP contribution in [0.15, 0.2) is 42.5 Å². The van der Waals surface area contributed by atoms with E-state index in [1.807, 2.05) is 30.3 Å². The minimum absolute atomic E-state index is 0.209. The SMILES string of the molecule is NC1CCC2=C(C1)c1cc(Cl)ccc1Oc1ccccc12. The number of hydrogen-bond donors (Lipinski definition) is 1. The van der Waals surface area contributed by atoms with E-state index in [0.717, 1.165) is 41.3 Å². The van der Waals surface area contributed by atoms with Crippen molar-refractivity contribution in [2.24, 2.45) is 5.73 Å². The van der Waals surface area contributed by atoms with Crippen LogP contribution < -0.4 is 10.5 Å². The lowest BCUT2D eigenvalue weighted by Gasteiger charge is -2.24. The van der Waals surface area contributed by atoms with E-state index in [1.165, 1.54) is 16.7 Å². The summed E-state index contributed by atoms with van der Waals surface area (Å²) in [7, 11) is 0. The number of halogens is 1. The number of nitrogens with two attached hydrogens (primary N) is 1. The average molecular weight is 298 g/mol. The molecule has 1 heterocycles. The van der Waals surface area contributed by atoms with Crippen LogP contribution in [-0.2, 0) is 0 Å². The van der Waals surface area contributed by atoms with Gasteiger partial charge in [0.15, 0.2) is 0 Å². The van der Waals surface area contributed by atoms with E-state index in [1.54, 1.807) is 0 Å². The molecule has 3 heteroatoms. The summed E-state index contributed by atoms with van der Waals surface area (Å²) >= 11 is 6.20. The summed E-state index contributed by atoms with van der Waals surface area (Å²) in [6, 6.07) is 14.3. The second-order valence-corrected chi connectivity index (χ2v) is 6.14. The Balaban J connectivity index is 2.02. The maximum absolute atomic E-state index is 6.20. The molecule has 1 atom stereocenters. The van der Waals surface area contributed by atoms with Crippen LogP contribution in [0.1, 0.15) is 30.4 Å². The smallest absolute Gasteiger partial charge is 0.135 e. The third-order valence-electron chi connectivity index (χ3n) is 4.29. The normalized spacial score (nSPS) is 20.0. The van der Waals surface area contributed by atoms with Gasteiger partial charge in [0.05, 0.1) is 0 Å². The van der Waals surface area contributed by atoms with Crippen LogP contribution in [0.4, 0.5) is 0 Å². The molecule has 2 nitrogen and oxygen atoms in total. The highest BCUT2D eigenvalue weighted by Gasteiger charge is 2.27. The summed E-state index contributed by atoms with van der Waals surface area (Å²) in [6.07, 6.45) is 2.88. The van der Waals surface area contributed by atoms with E-state index in [0.29, 0.717) is 0 Å². The number of allylic oxidation sites excluding steroid dienone is 1. The van der Waals surface area contributed by atoms with Crippen molar-refractivity contribution in [3.05, 3.63) is 58.6 Å². The Morgan fingerprint density at radius 1 is 1.00 bits per heavy atom. The summed E-state index contributed by atoms with van der Waals surface area (Å²) in [5.41, 5.74) is 11.1. The largest absolute Gasteiger partial charge is 0.456 e. The predicted octanol–water partition coefficient (Wildman–Crippen LogP) is 4.87. The van der Waals surface area contributed by atoms with Crippen molar-refractivity contribution in [2.45, 2.75) is 25.3 Å². The molecule has 2 aromatic carbocycles. The van der Waals surface area contributed by atoms with Crippen LogP contribution in [0, 0.1) is 0 Å². The van der Waals surface area contributed by atoms with Crippen molar-refractivity contribution in [3.63, 3.8) is 0 Å². The van der Waals surface area contributed by atoms with E-state index in [2.05, 4.69) is 12.1 Å². The monoisotopic (exact) mass is 297 g/mol. The summed E-state index contributed by atoms with van der Waals surface area (Å²) in [5.74, 6) is 1.78. The highest BCUT2D eigenvalue weighted by atomic mass is 35.5. The second kappa shape index (κ2) is 4.90. The zero-order valence-corrected chi connectivity index (χ0v) is 12.4. The van der Waals surface area contributed by atoms with Crippen molar-refractivity contribution < 1.29 is 4.74 Å². The maximum atomic E-state index is 6.20. The van der Waals surface area contributed by atoms with Crippen molar-refractivity contribution in [3.8, 4) is 11.5 Å². The zero-order valence-electron chi connectivity index (χ0n) is 11.6. The summed E-state index contributed by atoms with van der Waals surface area (Å²) in [4.78, 5) is 0. The van der Waals surface area contributed by atoms with Gasteiger partial charge in [-0.25, -0.2) is 0 Å². The van der Waals surface area contributed by atoms with Gasteiger partial charge in [-0.05, 0) is 54.7 Å². The van der Waals surface area contributed by atoms with Gasteiger partial charge in [0.2, 0.25) is 0 Å². The molecule has 2 N–H and O–H groups in total. The first kappa shape index (κ1) is 12.9. The average Bonchev–Trinajstić information content (AvgIpc) is 2.62. The zero-order chi connectivity index (χ0) is 14.4. The molecule has 1 aliphatic heterocycles. The van der Waals surface area contributed by atoms with E-state index < -0.39 is 0 Å². The molecule has 1 aliphatic carbocycles. The van der Waals surface area contributed by atoms with Gasteiger partial charge < -0.3 is 10.5 Å². The molecule has 0 amide bonds.